The maximum Gasteiger partial charge on any atom is 0.0794 e. The molecular weight excluding hydrogens is 468 g/mol. The minimum Gasteiger partial charge on any atom is -0.390 e. The van der Waals surface area contributed by atoms with Crippen LogP contribution in [0.1, 0.15) is 145 Å². The van der Waals surface area contributed by atoms with Gasteiger partial charge in [-0.2, -0.15) is 0 Å². The Balaban J connectivity index is 1.56. The predicted octanol–water partition coefficient (Wildman–Crippen LogP) is 6.24. The first-order valence-electron chi connectivity index (χ1n) is 16.4. The van der Waals surface area contributed by atoms with Crippen molar-refractivity contribution in [2.45, 2.75) is 198 Å². The highest BCUT2D eigenvalue weighted by Crippen LogP contribution is 2.38. The summed E-state index contributed by atoms with van der Waals surface area (Å²) in [5.74, 6) is 0. The van der Waals surface area contributed by atoms with Gasteiger partial charge in [-0.1, -0.05) is 38.5 Å². The second-order valence-electron chi connectivity index (χ2n) is 16.5. The van der Waals surface area contributed by atoms with E-state index in [0.717, 1.165) is 38.8 Å². The van der Waals surface area contributed by atoms with Crippen LogP contribution in [0.15, 0.2) is 0 Å². The largest absolute Gasteiger partial charge is 0.390 e. The highest BCUT2D eigenvalue weighted by atomic mass is 16.3. The first kappa shape index (κ1) is 30.8. The summed E-state index contributed by atoms with van der Waals surface area (Å²) in [6.07, 6.45) is 17.9. The van der Waals surface area contributed by atoms with Crippen LogP contribution in [0.2, 0.25) is 0 Å². The van der Waals surface area contributed by atoms with Gasteiger partial charge in [0.25, 0.3) is 0 Å². The van der Waals surface area contributed by atoms with Crippen LogP contribution in [-0.2, 0) is 0 Å². The van der Waals surface area contributed by atoms with E-state index in [-0.39, 0.29) is 28.3 Å². The van der Waals surface area contributed by atoms with E-state index in [1.54, 1.807) is 0 Å². The quantitative estimate of drug-likeness (QED) is 0.346. The smallest absolute Gasteiger partial charge is 0.0794 e. The topological polar surface area (TPSA) is 50.8 Å². The molecule has 3 N–H and O–H groups in total. The molecule has 0 bridgehead atoms. The number of aliphatic hydroxyl groups excluding tert-OH is 1. The van der Waals surface area contributed by atoms with Crippen molar-refractivity contribution in [2.75, 3.05) is 13.1 Å². The van der Waals surface area contributed by atoms with Crippen LogP contribution in [0.3, 0.4) is 0 Å². The summed E-state index contributed by atoms with van der Waals surface area (Å²) in [7, 11) is 0. The maximum atomic E-state index is 11.9. The highest BCUT2D eigenvalue weighted by Gasteiger charge is 2.46. The summed E-state index contributed by atoms with van der Waals surface area (Å²) in [4.78, 5) is 5.62. The van der Waals surface area contributed by atoms with E-state index in [2.05, 4.69) is 75.8 Å². The molecule has 0 aromatic carbocycles. The molecule has 2 aliphatic heterocycles. The third-order valence-electron chi connectivity index (χ3n) is 10.2. The number of hydrogen-bond acceptors (Lipinski definition) is 5. The van der Waals surface area contributed by atoms with Crippen molar-refractivity contribution >= 4 is 0 Å². The Morgan fingerprint density at radius 3 is 1.13 bits per heavy atom. The molecule has 4 rings (SSSR count). The second-order valence-corrected chi connectivity index (χ2v) is 16.5. The van der Waals surface area contributed by atoms with Crippen LogP contribution in [0.5, 0.6) is 0 Å². The Hall–Kier alpha value is -0.200. The van der Waals surface area contributed by atoms with E-state index in [9.17, 15) is 5.11 Å². The van der Waals surface area contributed by atoms with E-state index in [0.29, 0.717) is 24.2 Å². The SMILES string of the molecule is CC1(C)CC(N(CC(O)CN(C2CCCCC2)C2CCCCC2)C2CC(C)(C)NC(C)(C)C2)CC(C)(C)N1. The van der Waals surface area contributed by atoms with Crippen molar-refractivity contribution in [1.29, 1.82) is 0 Å². The van der Waals surface area contributed by atoms with E-state index in [1.165, 1.54) is 64.2 Å². The van der Waals surface area contributed by atoms with Gasteiger partial charge >= 0.3 is 0 Å². The van der Waals surface area contributed by atoms with Crippen molar-refractivity contribution in [3.8, 4) is 0 Å². The number of aliphatic hydroxyl groups is 1. The number of rotatable bonds is 8. The van der Waals surface area contributed by atoms with Crippen LogP contribution >= 0.6 is 0 Å². The zero-order valence-electron chi connectivity index (χ0n) is 26.5. The molecule has 4 fully saturated rings. The Morgan fingerprint density at radius 2 is 0.816 bits per heavy atom. The zero-order valence-corrected chi connectivity index (χ0v) is 26.5. The van der Waals surface area contributed by atoms with Crippen molar-refractivity contribution in [2.24, 2.45) is 0 Å². The average Bonchev–Trinajstić information content (AvgIpc) is 2.78. The molecule has 2 heterocycles. The van der Waals surface area contributed by atoms with Gasteiger partial charge in [0.15, 0.2) is 0 Å². The minimum absolute atomic E-state index is 0.101. The van der Waals surface area contributed by atoms with Crippen molar-refractivity contribution in [3.05, 3.63) is 0 Å². The van der Waals surface area contributed by atoms with E-state index >= 15 is 0 Å². The Kier molecular flexibility index (Phi) is 9.68. The van der Waals surface area contributed by atoms with Gasteiger partial charge in [0.05, 0.1) is 6.10 Å². The zero-order chi connectivity index (χ0) is 27.8. The lowest BCUT2D eigenvalue weighted by Gasteiger charge is -2.55. The van der Waals surface area contributed by atoms with Gasteiger partial charge in [-0.05, 0) is 107 Å². The van der Waals surface area contributed by atoms with Gasteiger partial charge < -0.3 is 15.7 Å². The Bertz CT molecular complexity index is 662. The Labute approximate surface area is 236 Å². The van der Waals surface area contributed by atoms with Crippen LogP contribution in [0.25, 0.3) is 0 Å². The molecule has 2 saturated heterocycles. The van der Waals surface area contributed by atoms with Crippen molar-refractivity contribution in [1.82, 2.24) is 20.4 Å². The standard InChI is InChI=1S/C33H64N4O/c1-30(2)19-27(20-31(3,4)34-30)37(28-21-32(5,6)35-33(7,8)22-28)24-29(38)23-36(25-15-11-9-12-16-25)26-17-13-10-14-18-26/h25-29,34-35,38H,9-24H2,1-8H3. The van der Waals surface area contributed by atoms with Crippen molar-refractivity contribution in [3.63, 3.8) is 0 Å². The molecule has 0 amide bonds. The third kappa shape index (κ3) is 8.41. The molecule has 4 aliphatic rings. The molecular formula is C33H64N4O. The summed E-state index contributed by atoms with van der Waals surface area (Å²) >= 11 is 0. The third-order valence-corrected chi connectivity index (χ3v) is 10.2. The molecule has 2 saturated carbocycles. The summed E-state index contributed by atoms with van der Waals surface area (Å²) < 4.78 is 0. The summed E-state index contributed by atoms with van der Waals surface area (Å²) in [5, 5.41) is 19.7. The van der Waals surface area contributed by atoms with Crippen molar-refractivity contribution < 1.29 is 5.11 Å². The number of nitrogens with one attached hydrogen (secondary N) is 2. The molecule has 1 unspecified atom stereocenters. The number of piperidine rings is 2. The van der Waals surface area contributed by atoms with Crippen LogP contribution in [-0.4, -0.2) is 80.4 Å². The monoisotopic (exact) mass is 533 g/mol. The molecule has 0 aromatic heterocycles. The molecule has 222 valence electrons. The summed E-state index contributed by atoms with van der Waals surface area (Å²) in [5.41, 5.74) is 0.404. The minimum atomic E-state index is -0.291. The molecule has 2 aliphatic carbocycles. The first-order chi connectivity index (χ1) is 17.6. The van der Waals surface area contributed by atoms with E-state index in [1.807, 2.05) is 0 Å². The van der Waals surface area contributed by atoms with E-state index < -0.39 is 0 Å². The fraction of sp³-hybridized carbons (Fsp3) is 1.00. The van der Waals surface area contributed by atoms with Crippen LogP contribution < -0.4 is 10.6 Å². The normalized spacial score (nSPS) is 30.1. The van der Waals surface area contributed by atoms with Crippen LogP contribution in [0, 0.1) is 0 Å². The van der Waals surface area contributed by atoms with E-state index in [4.69, 9.17) is 0 Å². The summed E-state index contributed by atoms with van der Waals surface area (Å²) in [6.45, 7) is 20.7. The van der Waals surface area contributed by atoms with Crippen LogP contribution in [0.4, 0.5) is 0 Å². The van der Waals surface area contributed by atoms with Gasteiger partial charge in [0.1, 0.15) is 0 Å². The lowest BCUT2D eigenvalue weighted by Crippen LogP contribution is -2.67. The number of hydrogen-bond donors (Lipinski definition) is 3. The molecule has 5 heteroatoms. The van der Waals surface area contributed by atoms with Gasteiger partial charge in [0.2, 0.25) is 0 Å². The molecule has 1 atom stereocenters. The lowest BCUT2D eigenvalue weighted by atomic mass is 9.75. The van der Waals surface area contributed by atoms with Gasteiger partial charge in [-0.3, -0.25) is 9.80 Å². The molecule has 0 radical (unpaired) electrons. The molecule has 38 heavy (non-hydrogen) atoms. The molecule has 0 aromatic rings. The number of nitrogens with zero attached hydrogens (tertiary/aromatic N) is 2. The maximum absolute atomic E-state index is 11.9. The fourth-order valence-corrected chi connectivity index (χ4v) is 9.57. The fourth-order valence-electron chi connectivity index (χ4n) is 9.57. The van der Waals surface area contributed by atoms with Gasteiger partial charge in [-0.25, -0.2) is 0 Å². The Morgan fingerprint density at radius 1 is 0.526 bits per heavy atom. The lowest BCUT2D eigenvalue weighted by molar-refractivity contribution is -0.0403. The first-order valence-corrected chi connectivity index (χ1v) is 16.4. The molecule has 5 nitrogen and oxygen atoms in total. The molecule has 0 spiro atoms. The predicted molar refractivity (Wildman–Crippen MR) is 162 cm³/mol. The highest BCUT2D eigenvalue weighted by molar-refractivity contribution is 5.06. The van der Waals surface area contributed by atoms with Gasteiger partial charge in [0, 0.05) is 59.4 Å². The summed E-state index contributed by atoms with van der Waals surface area (Å²) in [6, 6.07) is 2.35. The second kappa shape index (κ2) is 12.0. The van der Waals surface area contributed by atoms with Gasteiger partial charge in [-0.15, -0.1) is 0 Å². The average molecular weight is 533 g/mol.